The van der Waals surface area contributed by atoms with Crippen molar-refractivity contribution >= 4 is 27.3 Å². The van der Waals surface area contributed by atoms with Crippen molar-refractivity contribution in [2.24, 2.45) is 10.2 Å². The lowest BCUT2D eigenvalue weighted by molar-refractivity contribution is 0.200. The molecule has 106 valence electrons. The van der Waals surface area contributed by atoms with Crippen LogP contribution in [0.15, 0.2) is 57.2 Å². The maximum Gasteiger partial charge on any atom is 0.133 e. The van der Waals surface area contributed by atoms with E-state index >= 15 is 0 Å². The summed E-state index contributed by atoms with van der Waals surface area (Å²) < 4.78 is 6.07. The highest BCUT2D eigenvalue weighted by atomic mass is 79.9. The normalized spacial score (nSPS) is 10.5. The summed E-state index contributed by atoms with van der Waals surface area (Å²) in [5.74, 6) is 0.640. The minimum absolute atomic E-state index is 0.0351. The van der Waals surface area contributed by atoms with E-state index in [0.717, 1.165) is 4.47 Å². The summed E-state index contributed by atoms with van der Waals surface area (Å²) in [5.41, 5.74) is 1.93. The fraction of sp³-hybridized carbons (Fsp3) is 0.133. The van der Waals surface area contributed by atoms with Crippen molar-refractivity contribution in [3.63, 3.8) is 0 Å². The summed E-state index contributed by atoms with van der Waals surface area (Å²) in [6.45, 7) is 0.206. The van der Waals surface area contributed by atoms with Gasteiger partial charge in [0.15, 0.2) is 0 Å². The Morgan fingerprint density at radius 1 is 1.10 bits per heavy atom. The molecule has 0 spiro atoms. The first kappa shape index (κ1) is 15.2. The number of halogens is 1. The smallest absolute Gasteiger partial charge is 0.133 e. The monoisotopic (exact) mass is 345 g/mol. The van der Waals surface area contributed by atoms with Crippen molar-refractivity contribution in [2.45, 2.75) is 0 Å². The van der Waals surface area contributed by atoms with Crippen molar-refractivity contribution < 1.29 is 9.84 Å². The minimum atomic E-state index is -0.0351. The first-order valence-corrected chi connectivity index (χ1v) is 6.97. The van der Waals surface area contributed by atoms with E-state index in [0.29, 0.717) is 22.7 Å². The quantitative estimate of drug-likeness (QED) is 0.828. The third kappa shape index (κ3) is 4.38. The molecule has 0 heterocycles. The predicted molar refractivity (Wildman–Crippen MR) is 82.1 cm³/mol. The second kappa shape index (κ2) is 7.53. The second-order valence-electron chi connectivity index (χ2n) is 4.05. The van der Waals surface area contributed by atoms with Gasteiger partial charge >= 0.3 is 0 Å². The Labute approximate surface area is 130 Å². The Balaban J connectivity index is 2.10. The largest absolute Gasteiger partial charge is 0.490 e. The summed E-state index contributed by atoms with van der Waals surface area (Å²) in [5, 5.41) is 25.7. The number of nitriles is 1. The zero-order chi connectivity index (χ0) is 15.1. The molecular formula is C15H12BrN3O2. The Kier molecular flexibility index (Phi) is 5.43. The standard InChI is InChI=1S/C15H12BrN3O2/c16-14-9-13(5-6-15(14)21-8-7-20)19-18-12-3-1-11(10-17)2-4-12/h1-6,9,20H,7-8H2/b19-18+. The van der Waals surface area contributed by atoms with Crippen LogP contribution in [0, 0.1) is 11.3 Å². The number of nitrogens with zero attached hydrogens (tertiary/aromatic N) is 3. The summed E-state index contributed by atoms with van der Waals surface area (Å²) in [6, 6.07) is 14.2. The number of hydrogen-bond donors (Lipinski definition) is 1. The van der Waals surface area contributed by atoms with Crippen LogP contribution in [0.2, 0.25) is 0 Å². The molecular weight excluding hydrogens is 334 g/mol. The maximum atomic E-state index is 8.73. The van der Waals surface area contributed by atoms with Crippen molar-refractivity contribution in [3.8, 4) is 11.8 Å². The highest BCUT2D eigenvalue weighted by Crippen LogP contribution is 2.30. The number of rotatable bonds is 5. The molecule has 2 aromatic carbocycles. The van der Waals surface area contributed by atoms with Gasteiger partial charge in [-0.25, -0.2) is 0 Å². The van der Waals surface area contributed by atoms with E-state index in [1.165, 1.54) is 0 Å². The SMILES string of the molecule is N#Cc1ccc(/N=N/c2ccc(OCCO)c(Br)c2)cc1. The van der Waals surface area contributed by atoms with Crippen molar-refractivity contribution in [2.75, 3.05) is 13.2 Å². The molecule has 0 radical (unpaired) electrons. The molecule has 0 bridgehead atoms. The number of ether oxygens (including phenoxy) is 1. The molecule has 0 aliphatic heterocycles. The molecule has 0 saturated heterocycles. The van der Waals surface area contributed by atoms with Crippen LogP contribution in [0.4, 0.5) is 11.4 Å². The summed E-state index contributed by atoms with van der Waals surface area (Å²) in [4.78, 5) is 0. The molecule has 0 aromatic heterocycles. The summed E-state index contributed by atoms with van der Waals surface area (Å²) in [7, 11) is 0. The minimum Gasteiger partial charge on any atom is -0.490 e. The van der Waals surface area contributed by atoms with Gasteiger partial charge in [0.2, 0.25) is 0 Å². The number of aliphatic hydroxyl groups is 1. The molecule has 1 N–H and O–H groups in total. The van der Waals surface area contributed by atoms with Crippen LogP contribution in [0.5, 0.6) is 5.75 Å². The van der Waals surface area contributed by atoms with E-state index in [1.54, 1.807) is 42.5 Å². The van der Waals surface area contributed by atoms with E-state index in [9.17, 15) is 0 Å². The molecule has 21 heavy (non-hydrogen) atoms. The van der Waals surface area contributed by atoms with Gasteiger partial charge in [-0.15, -0.1) is 0 Å². The number of hydrogen-bond acceptors (Lipinski definition) is 5. The average molecular weight is 346 g/mol. The van der Waals surface area contributed by atoms with Crippen LogP contribution in [-0.4, -0.2) is 18.3 Å². The third-order valence-electron chi connectivity index (χ3n) is 2.54. The molecule has 0 amide bonds. The van der Waals surface area contributed by atoms with Crippen LogP contribution in [0.25, 0.3) is 0 Å². The average Bonchev–Trinajstić information content (AvgIpc) is 2.52. The van der Waals surface area contributed by atoms with Crippen LogP contribution in [0.3, 0.4) is 0 Å². The molecule has 6 heteroatoms. The first-order valence-electron chi connectivity index (χ1n) is 6.18. The van der Waals surface area contributed by atoms with Crippen molar-refractivity contribution in [3.05, 3.63) is 52.5 Å². The van der Waals surface area contributed by atoms with Gasteiger partial charge in [0.25, 0.3) is 0 Å². The van der Waals surface area contributed by atoms with E-state index in [-0.39, 0.29) is 13.2 Å². The van der Waals surface area contributed by atoms with Gasteiger partial charge in [-0.2, -0.15) is 15.5 Å². The maximum absolute atomic E-state index is 8.73. The fourth-order valence-electron chi connectivity index (χ4n) is 1.54. The summed E-state index contributed by atoms with van der Waals surface area (Å²) >= 11 is 3.38. The molecule has 2 aromatic rings. The van der Waals surface area contributed by atoms with Gasteiger partial charge in [-0.05, 0) is 58.4 Å². The molecule has 0 aliphatic rings. The number of azo groups is 1. The second-order valence-corrected chi connectivity index (χ2v) is 4.90. The number of benzene rings is 2. The van der Waals surface area contributed by atoms with E-state index in [4.69, 9.17) is 15.1 Å². The number of aliphatic hydroxyl groups excluding tert-OH is 1. The third-order valence-corrected chi connectivity index (χ3v) is 3.16. The van der Waals surface area contributed by atoms with E-state index in [1.807, 2.05) is 6.07 Å². The van der Waals surface area contributed by atoms with Gasteiger partial charge < -0.3 is 9.84 Å². The molecule has 0 atom stereocenters. The van der Waals surface area contributed by atoms with E-state index in [2.05, 4.69) is 26.2 Å². The van der Waals surface area contributed by atoms with Gasteiger partial charge in [-0.1, -0.05) is 0 Å². The van der Waals surface area contributed by atoms with Crippen LogP contribution in [-0.2, 0) is 0 Å². The Morgan fingerprint density at radius 3 is 2.38 bits per heavy atom. The Hall–Kier alpha value is -2.23. The van der Waals surface area contributed by atoms with Crippen LogP contribution in [0.1, 0.15) is 5.56 Å². The summed E-state index contributed by atoms with van der Waals surface area (Å²) in [6.07, 6.45) is 0. The molecule has 0 aliphatic carbocycles. The van der Waals surface area contributed by atoms with Crippen molar-refractivity contribution in [1.29, 1.82) is 5.26 Å². The van der Waals surface area contributed by atoms with Gasteiger partial charge in [0.1, 0.15) is 12.4 Å². The zero-order valence-corrected chi connectivity index (χ0v) is 12.6. The van der Waals surface area contributed by atoms with Crippen LogP contribution >= 0.6 is 15.9 Å². The lowest BCUT2D eigenvalue weighted by atomic mass is 10.2. The highest BCUT2D eigenvalue weighted by Gasteiger charge is 2.02. The Bertz CT molecular complexity index is 678. The van der Waals surface area contributed by atoms with Crippen LogP contribution < -0.4 is 4.74 Å². The molecule has 0 unspecified atom stereocenters. The molecule has 2 rings (SSSR count). The first-order chi connectivity index (χ1) is 10.2. The lowest BCUT2D eigenvalue weighted by Crippen LogP contribution is -2.01. The predicted octanol–water partition coefficient (Wildman–Crippen LogP) is 4.11. The topological polar surface area (TPSA) is 78.0 Å². The molecule has 0 fully saturated rings. The zero-order valence-electron chi connectivity index (χ0n) is 11.0. The van der Waals surface area contributed by atoms with Gasteiger partial charge in [0.05, 0.1) is 34.1 Å². The van der Waals surface area contributed by atoms with E-state index < -0.39 is 0 Å². The van der Waals surface area contributed by atoms with Gasteiger partial charge in [-0.3, -0.25) is 0 Å². The molecule has 5 nitrogen and oxygen atoms in total. The highest BCUT2D eigenvalue weighted by molar-refractivity contribution is 9.10. The molecule has 0 saturated carbocycles. The fourth-order valence-corrected chi connectivity index (χ4v) is 2.02. The lowest BCUT2D eigenvalue weighted by Gasteiger charge is -2.06. The Morgan fingerprint density at radius 2 is 1.76 bits per heavy atom. The van der Waals surface area contributed by atoms with Crippen molar-refractivity contribution in [1.82, 2.24) is 0 Å². The van der Waals surface area contributed by atoms with Gasteiger partial charge in [0, 0.05) is 0 Å².